The fourth-order valence-electron chi connectivity index (χ4n) is 4.87. The summed E-state index contributed by atoms with van der Waals surface area (Å²) in [5, 5.41) is 13.8. The zero-order valence-electron chi connectivity index (χ0n) is 15.2. The molecule has 132 valence electrons. The van der Waals surface area contributed by atoms with E-state index in [0.717, 1.165) is 44.7 Å². The Kier molecular flexibility index (Phi) is 4.80. The van der Waals surface area contributed by atoms with E-state index in [9.17, 15) is 5.11 Å². The number of fused-ring (bicyclic) bond motifs is 1. The van der Waals surface area contributed by atoms with Crippen molar-refractivity contribution in [2.24, 2.45) is 0 Å². The van der Waals surface area contributed by atoms with Gasteiger partial charge in [0.2, 0.25) is 0 Å². The third-order valence-corrected chi connectivity index (χ3v) is 6.19. The second kappa shape index (κ2) is 7.21. The zero-order chi connectivity index (χ0) is 17.2. The standard InChI is InChI=1S/C23H29NO/c1-2-17-14-16(6-9-21(17)18-10-12-24-13-11-18)15-20-8-7-19-4-3-5-22(25)23(19)20/h3-6,9,14,18,20,24-25H,2,7-8,10-13,15H2,1H3. The molecule has 2 aromatic carbocycles. The van der Waals surface area contributed by atoms with Crippen molar-refractivity contribution < 1.29 is 5.11 Å². The van der Waals surface area contributed by atoms with E-state index in [2.05, 4.69) is 36.5 Å². The molecule has 0 saturated carbocycles. The van der Waals surface area contributed by atoms with Gasteiger partial charge in [0, 0.05) is 5.56 Å². The van der Waals surface area contributed by atoms with Gasteiger partial charge in [0.25, 0.3) is 0 Å². The van der Waals surface area contributed by atoms with Gasteiger partial charge >= 0.3 is 0 Å². The molecule has 0 bridgehead atoms. The van der Waals surface area contributed by atoms with E-state index in [1.165, 1.54) is 35.1 Å². The van der Waals surface area contributed by atoms with E-state index in [0.29, 0.717) is 11.7 Å². The van der Waals surface area contributed by atoms with Crippen LogP contribution in [0.2, 0.25) is 0 Å². The van der Waals surface area contributed by atoms with Crippen LogP contribution in [-0.4, -0.2) is 18.2 Å². The predicted molar refractivity (Wildman–Crippen MR) is 104 cm³/mol. The molecular weight excluding hydrogens is 306 g/mol. The van der Waals surface area contributed by atoms with Crippen LogP contribution in [0.4, 0.5) is 0 Å². The smallest absolute Gasteiger partial charge is 0.119 e. The molecule has 0 aromatic heterocycles. The zero-order valence-corrected chi connectivity index (χ0v) is 15.2. The first-order valence-electron chi connectivity index (χ1n) is 9.89. The maximum atomic E-state index is 10.3. The Balaban J connectivity index is 1.56. The fraction of sp³-hybridized carbons (Fsp3) is 0.478. The minimum atomic E-state index is 0.464. The number of rotatable bonds is 4. The summed E-state index contributed by atoms with van der Waals surface area (Å²) in [6.45, 7) is 4.57. The van der Waals surface area contributed by atoms with Gasteiger partial charge in [-0.1, -0.05) is 37.3 Å². The molecule has 1 fully saturated rings. The van der Waals surface area contributed by atoms with E-state index in [4.69, 9.17) is 0 Å². The van der Waals surface area contributed by atoms with Crippen LogP contribution in [0.25, 0.3) is 0 Å². The van der Waals surface area contributed by atoms with Crippen molar-refractivity contribution in [1.29, 1.82) is 0 Å². The van der Waals surface area contributed by atoms with Gasteiger partial charge in [0.1, 0.15) is 5.75 Å². The molecule has 4 rings (SSSR count). The average Bonchev–Trinajstić information content (AvgIpc) is 3.06. The number of hydrogen-bond donors (Lipinski definition) is 2. The summed E-state index contributed by atoms with van der Waals surface area (Å²) in [6, 6.07) is 13.2. The second-order valence-corrected chi connectivity index (χ2v) is 7.70. The maximum absolute atomic E-state index is 10.3. The largest absolute Gasteiger partial charge is 0.508 e. The van der Waals surface area contributed by atoms with Gasteiger partial charge in [0.15, 0.2) is 0 Å². The lowest BCUT2D eigenvalue weighted by atomic mass is 9.84. The molecule has 2 aliphatic rings. The first kappa shape index (κ1) is 16.7. The molecule has 2 heteroatoms. The van der Waals surface area contributed by atoms with Gasteiger partial charge in [-0.2, -0.15) is 0 Å². The van der Waals surface area contributed by atoms with Crippen LogP contribution in [-0.2, 0) is 19.3 Å². The van der Waals surface area contributed by atoms with Gasteiger partial charge in [0.05, 0.1) is 0 Å². The number of aromatic hydroxyl groups is 1. The number of aryl methyl sites for hydroxylation is 2. The Morgan fingerprint density at radius 3 is 2.72 bits per heavy atom. The Bertz CT molecular complexity index is 746. The summed E-state index contributed by atoms with van der Waals surface area (Å²) in [7, 11) is 0. The molecule has 1 saturated heterocycles. The van der Waals surface area contributed by atoms with E-state index in [-0.39, 0.29) is 0 Å². The Labute approximate surface area is 151 Å². The lowest BCUT2D eigenvalue weighted by Crippen LogP contribution is -2.27. The second-order valence-electron chi connectivity index (χ2n) is 7.70. The van der Waals surface area contributed by atoms with Crippen molar-refractivity contribution in [3.05, 3.63) is 64.2 Å². The molecule has 1 unspecified atom stereocenters. The van der Waals surface area contributed by atoms with Gasteiger partial charge in [-0.25, -0.2) is 0 Å². The van der Waals surface area contributed by atoms with Crippen LogP contribution in [0.5, 0.6) is 5.75 Å². The van der Waals surface area contributed by atoms with Gasteiger partial charge in [-0.05, 0) is 91.8 Å². The van der Waals surface area contributed by atoms with Gasteiger partial charge in [-0.3, -0.25) is 0 Å². The molecule has 1 heterocycles. The number of benzene rings is 2. The van der Waals surface area contributed by atoms with E-state index >= 15 is 0 Å². The maximum Gasteiger partial charge on any atom is 0.119 e. The highest BCUT2D eigenvalue weighted by Crippen LogP contribution is 2.41. The molecule has 1 atom stereocenters. The number of phenolic OH excluding ortho intramolecular Hbond substituents is 1. The molecule has 0 radical (unpaired) electrons. The molecule has 2 aromatic rings. The number of piperidine rings is 1. The third-order valence-electron chi connectivity index (χ3n) is 6.19. The number of hydrogen-bond acceptors (Lipinski definition) is 2. The first-order valence-corrected chi connectivity index (χ1v) is 9.89. The lowest BCUT2D eigenvalue weighted by Gasteiger charge is -2.25. The Morgan fingerprint density at radius 2 is 1.92 bits per heavy atom. The Hall–Kier alpha value is -1.80. The van der Waals surface area contributed by atoms with Crippen LogP contribution in [0.1, 0.15) is 65.8 Å². The van der Waals surface area contributed by atoms with E-state index < -0.39 is 0 Å². The third kappa shape index (κ3) is 3.32. The highest BCUT2D eigenvalue weighted by Gasteiger charge is 2.26. The van der Waals surface area contributed by atoms with E-state index in [1.54, 1.807) is 5.56 Å². The normalized spacial score (nSPS) is 20.6. The predicted octanol–water partition coefficient (Wildman–Crippen LogP) is 4.69. The molecular formula is C23H29NO. The van der Waals surface area contributed by atoms with Crippen LogP contribution < -0.4 is 5.32 Å². The van der Waals surface area contributed by atoms with Crippen molar-refractivity contribution >= 4 is 0 Å². The van der Waals surface area contributed by atoms with Crippen LogP contribution in [0.15, 0.2) is 36.4 Å². The summed E-state index contributed by atoms with van der Waals surface area (Å²) in [5.41, 5.74) is 7.06. The van der Waals surface area contributed by atoms with Crippen LogP contribution >= 0.6 is 0 Å². The monoisotopic (exact) mass is 335 g/mol. The summed E-state index contributed by atoms with van der Waals surface area (Å²) in [5.74, 6) is 1.68. The van der Waals surface area contributed by atoms with Crippen LogP contribution in [0.3, 0.4) is 0 Å². The molecule has 2 nitrogen and oxygen atoms in total. The van der Waals surface area contributed by atoms with E-state index in [1.807, 2.05) is 12.1 Å². The summed E-state index contributed by atoms with van der Waals surface area (Å²) >= 11 is 0. The van der Waals surface area contributed by atoms with Crippen LogP contribution in [0, 0.1) is 0 Å². The highest BCUT2D eigenvalue weighted by molar-refractivity contribution is 5.46. The number of phenols is 1. The van der Waals surface area contributed by atoms with Crippen molar-refractivity contribution in [2.75, 3.05) is 13.1 Å². The van der Waals surface area contributed by atoms with Gasteiger partial charge < -0.3 is 10.4 Å². The minimum absolute atomic E-state index is 0.464. The molecule has 1 aliphatic carbocycles. The highest BCUT2D eigenvalue weighted by atomic mass is 16.3. The quantitative estimate of drug-likeness (QED) is 0.849. The van der Waals surface area contributed by atoms with Crippen molar-refractivity contribution in [1.82, 2.24) is 5.32 Å². The summed E-state index contributed by atoms with van der Waals surface area (Å²) in [4.78, 5) is 0. The van der Waals surface area contributed by atoms with Crippen molar-refractivity contribution in [3.8, 4) is 5.75 Å². The topological polar surface area (TPSA) is 32.3 Å². The Morgan fingerprint density at radius 1 is 1.08 bits per heavy atom. The molecule has 1 aliphatic heterocycles. The van der Waals surface area contributed by atoms with Crippen molar-refractivity contribution in [2.45, 2.75) is 57.3 Å². The lowest BCUT2D eigenvalue weighted by molar-refractivity contribution is 0.458. The summed E-state index contributed by atoms with van der Waals surface area (Å²) < 4.78 is 0. The molecule has 2 N–H and O–H groups in total. The first-order chi connectivity index (χ1) is 12.3. The molecule has 0 amide bonds. The molecule has 0 spiro atoms. The number of nitrogens with one attached hydrogen (secondary N) is 1. The summed E-state index contributed by atoms with van der Waals surface area (Å²) in [6.07, 6.45) is 6.93. The average molecular weight is 335 g/mol. The minimum Gasteiger partial charge on any atom is -0.508 e. The van der Waals surface area contributed by atoms with Crippen molar-refractivity contribution in [3.63, 3.8) is 0 Å². The molecule has 25 heavy (non-hydrogen) atoms. The fourth-order valence-corrected chi connectivity index (χ4v) is 4.87. The SMILES string of the molecule is CCc1cc(CC2CCc3cccc(O)c32)ccc1C1CCNCC1. The van der Waals surface area contributed by atoms with Gasteiger partial charge in [-0.15, -0.1) is 0 Å².